The van der Waals surface area contributed by atoms with E-state index < -0.39 is 17.4 Å². The Balaban J connectivity index is 2.73. The monoisotopic (exact) mass is 269 g/mol. The number of methoxy groups -OCH3 is 1. The van der Waals surface area contributed by atoms with Crippen LogP contribution in [0.2, 0.25) is 0 Å². The first-order valence-corrected chi connectivity index (χ1v) is 6.02. The molecule has 6 nitrogen and oxygen atoms in total. The average Bonchev–Trinajstić information content (AvgIpc) is 2.77. The van der Waals surface area contributed by atoms with Crippen molar-refractivity contribution in [1.29, 1.82) is 0 Å². The van der Waals surface area contributed by atoms with Crippen molar-refractivity contribution in [3.63, 3.8) is 0 Å². The van der Waals surface area contributed by atoms with Gasteiger partial charge < -0.3 is 19.6 Å². The number of furan rings is 1. The van der Waals surface area contributed by atoms with E-state index in [0.717, 1.165) is 0 Å². The fourth-order valence-electron chi connectivity index (χ4n) is 1.65. The predicted molar refractivity (Wildman–Crippen MR) is 67.8 cm³/mol. The van der Waals surface area contributed by atoms with E-state index in [1.54, 1.807) is 19.1 Å². The van der Waals surface area contributed by atoms with Gasteiger partial charge in [-0.2, -0.15) is 0 Å². The highest BCUT2D eigenvalue weighted by molar-refractivity contribution is 5.92. The lowest BCUT2D eigenvalue weighted by Crippen LogP contribution is -2.46. The number of hydrogen-bond donors (Lipinski definition) is 2. The highest BCUT2D eigenvalue weighted by atomic mass is 16.5. The number of carboxylic acids is 1. The van der Waals surface area contributed by atoms with Crippen LogP contribution in [-0.4, -0.2) is 29.6 Å². The number of amides is 1. The molecule has 0 bridgehead atoms. The lowest BCUT2D eigenvalue weighted by Gasteiger charge is -2.27. The maximum Gasteiger partial charge on any atom is 0.305 e. The van der Waals surface area contributed by atoms with Crippen LogP contribution < -0.4 is 5.32 Å². The number of hydrogen-bond acceptors (Lipinski definition) is 4. The van der Waals surface area contributed by atoms with Gasteiger partial charge in [-0.3, -0.25) is 9.59 Å². The molecule has 0 aliphatic rings. The van der Waals surface area contributed by atoms with Gasteiger partial charge in [0.1, 0.15) is 12.4 Å². The van der Waals surface area contributed by atoms with Gasteiger partial charge in [0.2, 0.25) is 0 Å². The van der Waals surface area contributed by atoms with Crippen molar-refractivity contribution < 1.29 is 23.8 Å². The van der Waals surface area contributed by atoms with Crippen LogP contribution in [-0.2, 0) is 16.1 Å². The Bertz CT molecular complexity index is 454. The summed E-state index contributed by atoms with van der Waals surface area (Å²) >= 11 is 0. The fraction of sp³-hybridized carbons (Fsp3) is 0.538. The molecule has 6 heteroatoms. The standard InChI is InChI=1S/C13H19NO5/c1-4-13(2,7-11(15)16)14-12(17)10-6-5-9(19-10)8-18-3/h5-6H,4,7-8H2,1-3H3,(H,14,17)(H,15,16)/t13-/m1/s1. The maximum atomic E-state index is 12.0. The predicted octanol–water partition coefficient (Wildman–Crippen LogP) is 1.80. The summed E-state index contributed by atoms with van der Waals surface area (Å²) < 4.78 is 10.2. The average molecular weight is 269 g/mol. The molecule has 1 aromatic heterocycles. The van der Waals surface area contributed by atoms with Crippen molar-refractivity contribution >= 4 is 11.9 Å². The molecule has 1 aromatic rings. The lowest BCUT2D eigenvalue weighted by atomic mass is 9.94. The minimum absolute atomic E-state index is 0.138. The number of nitrogens with one attached hydrogen (secondary N) is 1. The van der Waals surface area contributed by atoms with E-state index in [9.17, 15) is 9.59 Å². The topological polar surface area (TPSA) is 88.8 Å². The molecule has 1 rings (SSSR count). The Morgan fingerprint density at radius 1 is 1.47 bits per heavy atom. The maximum absolute atomic E-state index is 12.0. The molecule has 0 spiro atoms. The number of ether oxygens (including phenoxy) is 1. The molecule has 0 saturated carbocycles. The summed E-state index contributed by atoms with van der Waals surface area (Å²) in [5, 5.41) is 11.5. The summed E-state index contributed by atoms with van der Waals surface area (Å²) in [5.74, 6) is -0.682. The van der Waals surface area contributed by atoms with Crippen LogP contribution in [0.5, 0.6) is 0 Å². The van der Waals surface area contributed by atoms with Gasteiger partial charge in [-0.25, -0.2) is 0 Å². The molecular weight excluding hydrogens is 250 g/mol. The molecule has 0 aliphatic carbocycles. The second-order valence-corrected chi connectivity index (χ2v) is 4.64. The van der Waals surface area contributed by atoms with Gasteiger partial charge >= 0.3 is 5.97 Å². The highest BCUT2D eigenvalue weighted by Crippen LogP contribution is 2.16. The number of carbonyl (C=O) groups is 2. The van der Waals surface area contributed by atoms with Gasteiger partial charge in [0, 0.05) is 12.6 Å². The van der Waals surface area contributed by atoms with Crippen LogP contribution in [0.3, 0.4) is 0 Å². The molecule has 0 radical (unpaired) electrons. The summed E-state index contributed by atoms with van der Waals surface area (Å²) in [5.41, 5.74) is -0.795. The van der Waals surface area contributed by atoms with Gasteiger partial charge in [0.25, 0.3) is 5.91 Å². The Morgan fingerprint density at radius 2 is 2.16 bits per heavy atom. The number of aliphatic carboxylic acids is 1. The largest absolute Gasteiger partial charge is 0.481 e. The van der Waals surface area contributed by atoms with Gasteiger partial charge in [0.05, 0.1) is 6.42 Å². The number of rotatable bonds is 7. The third-order valence-corrected chi connectivity index (χ3v) is 2.91. The van der Waals surface area contributed by atoms with Gasteiger partial charge in [-0.1, -0.05) is 6.92 Å². The summed E-state index contributed by atoms with van der Waals surface area (Å²) in [6.07, 6.45) is 0.373. The van der Waals surface area contributed by atoms with E-state index in [0.29, 0.717) is 12.2 Å². The summed E-state index contributed by atoms with van der Waals surface area (Å²) in [7, 11) is 1.53. The van der Waals surface area contributed by atoms with Crippen LogP contribution in [0.15, 0.2) is 16.5 Å². The first-order chi connectivity index (χ1) is 8.90. The summed E-state index contributed by atoms with van der Waals surface area (Å²) in [6.45, 7) is 3.80. The van der Waals surface area contributed by atoms with Gasteiger partial charge in [-0.05, 0) is 25.5 Å². The van der Waals surface area contributed by atoms with Crippen molar-refractivity contribution in [2.75, 3.05) is 7.11 Å². The Hall–Kier alpha value is -1.82. The van der Waals surface area contributed by atoms with Crippen molar-refractivity contribution in [3.8, 4) is 0 Å². The Labute approximate surface area is 111 Å². The first kappa shape index (κ1) is 15.2. The molecule has 0 saturated heterocycles. The second kappa shape index (κ2) is 6.38. The van der Waals surface area contributed by atoms with E-state index in [1.807, 2.05) is 6.92 Å². The molecule has 1 atom stereocenters. The van der Waals surface area contributed by atoms with Crippen LogP contribution in [0.25, 0.3) is 0 Å². The second-order valence-electron chi connectivity index (χ2n) is 4.64. The third-order valence-electron chi connectivity index (χ3n) is 2.91. The van der Waals surface area contributed by atoms with Gasteiger partial charge in [0.15, 0.2) is 5.76 Å². The highest BCUT2D eigenvalue weighted by Gasteiger charge is 2.28. The van der Waals surface area contributed by atoms with Gasteiger partial charge in [-0.15, -0.1) is 0 Å². The summed E-state index contributed by atoms with van der Waals surface area (Å²) in [4.78, 5) is 22.8. The van der Waals surface area contributed by atoms with Crippen molar-refractivity contribution in [1.82, 2.24) is 5.32 Å². The minimum atomic E-state index is -0.954. The van der Waals surface area contributed by atoms with E-state index in [-0.39, 0.29) is 18.8 Å². The van der Waals surface area contributed by atoms with E-state index in [2.05, 4.69) is 5.32 Å². The van der Waals surface area contributed by atoms with Crippen LogP contribution >= 0.6 is 0 Å². The zero-order valence-corrected chi connectivity index (χ0v) is 11.4. The van der Waals surface area contributed by atoms with Crippen LogP contribution in [0, 0.1) is 0 Å². The van der Waals surface area contributed by atoms with E-state index in [1.165, 1.54) is 7.11 Å². The smallest absolute Gasteiger partial charge is 0.305 e. The quantitative estimate of drug-likeness (QED) is 0.788. The SMILES string of the molecule is CC[C@](C)(CC(=O)O)NC(=O)c1ccc(COC)o1. The van der Waals surface area contributed by atoms with Crippen molar-refractivity contribution in [2.24, 2.45) is 0 Å². The summed E-state index contributed by atoms with van der Waals surface area (Å²) in [6, 6.07) is 3.19. The zero-order chi connectivity index (χ0) is 14.5. The van der Waals surface area contributed by atoms with E-state index >= 15 is 0 Å². The molecule has 0 aliphatic heterocycles. The Kier molecular flexibility index (Phi) is 5.11. The molecule has 2 N–H and O–H groups in total. The number of carbonyl (C=O) groups excluding carboxylic acids is 1. The minimum Gasteiger partial charge on any atom is -0.481 e. The molecule has 106 valence electrons. The molecule has 0 unspecified atom stereocenters. The normalized spacial score (nSPS) is 13.8. The van der Waals surface area contributed by atoms with Crippen LogP contribution in [0.1, 0.15) is 43.0 Å². The lowest BCUT2D eigenvalue weighted by molar-refractivity contribution is -0.138. The van der Waals surface area contributed by atoms with Crippen LogP contribution in [0.4, 0.5) is 0 Å². The molecule has 1 amide bonds. The van der Waals surface area contributed by atoms with E-state index in [4.69, 9.17) is 14.3 Å². The third kappa shape index (κ3) is 4.40. The molecular formula is C13H19NO5. The van der Waals surface area contributed by atoms with Crippen molar-refractivity contribution in [3.05, 3.63) is 23.7 Å². The molecule has 0 fully saturated rings. The number of carboxylic acid groups (broad SMARTS) is 1. The molecule has 0 aromatic carbocycles. The van der Waals surface area contributed by atoms with Crippen molar-refractivity contribution in [2.45, 2.75) is 38.8 Å². The molecule has 1 heterocycles. The Morgan fingerprint density at radius 3 is 2.68 bits per heavy atom. The first-order valence-electron chi connectivity index (χ1n) is 6.02. The molecule has 19 heavy (non-hydrogen) atoms. The zero-order valence-electron chi connectivity index (χ0n) is 11.4. The fourth-order valence-corrected chi connectivity index (χ4v) is 1.65.